The highest BCUT2D eigenvalue weighted by molar-refractivity contribution is 5.44. The number of phenols is 1. The Labute approximate surface area is 96.7 Å². The van der Waals surface area contributed by atoms with Crippen molar-refractivity contribution in [2.45, 2.75) is 31.7 Å². The Kier molecular flexibility index (Phi) is 3.48. The lowest BCUT2D eigenvalue weighted by atomic mass is 10.1. The summed E-state index contributed by atoms with van der Waals surface area (Å²) in [6.45, 7) is 0.948. The van der Waals surface area contributed by atoms with E-state index < -0.39 is 0 Å². The summed E-state index contributed by atoms with van der Waals surface area (Å²) < 4.78 is 0. The number of hydrogen-bond acceptors (Lipinski definition) is 2. The minimum Gasteiger partial charge on any atom is -0.508 e. The van der Waals surface area contributed by atoms with Crippen LogP contribution in [0.3, 0.4) is 0 Å². The smallest absolute Gasteiger partial charge is 0.119 e. The second-order valence-corrected chi connectivity index (χ2v) is 4.20. The summed E-state index contributed by atoms with van der Waals surface area (Å²) >= 11 is 0. The molecule has 2 rings (SSSR count). The largest absolute Gasteiger partial charge is 0.508 e. The van der Waals surface area contributed by atoms with Crippen LogP contribution in [-0.4, -0.2) is 11.7 Å². The van der Waals surface area contributed by atoms with Gasteiger partial charge in [-0.1, -0.05) is 12.1 Å². The predicted molar refractivity (Wildman–Crippen MR) is 65.2 cm³/mol. The van der Waals surface area contributed by atoms with Gasteiger partial charge in [-0.05, 0) is 43.0 Å². The topological polar surface area (TPSA) is 32.3 Å². The van der Waals surface area contributed by atoms with Crippen LogP contribution in [0.25, 0.3) is 0 Å². The third kappa shape index (κ3) is 2.20. The number of aromatic hydroxyl groups is 1. The minimum atomic E-state index is 0.389. The average Bonchev–Trinajstić information content (AvgIpc) is 2.70. The van der Waals surface area contributed by atoms with Crippen LogP contribution < -0.4 is 5.32 Å². The molecule has 0 spiro atoms. The van der Waals surface area contributed by atoms with Gasteiger partial charge in [0.15, 0.2) is 0 Å². The van der Waals surface area contributed by atoms with Crippen LogP contribution in [-0.2, 0) is 6.42 Å². The molecule has 0 aliphatic heterocycles. The minimum absolute atomic E-state index is 0.389. The zero-order chi connectivity index (χ0) is 11.4. The van der Waals surface area contributed by atoms with Crippen molar-refractivity contribution in [1.82, 2.24) is 5.32 Å². The lowest BCUT2D eigenvalue weighted by Gasteiger charge is -2.13. The van der Waals surface area contributed by atoms with Gasteiger partial charge in [-0.15, -0.1) is 12.3 Å². The van der Waals surface area contributed by atoms with Crippen molar-refractivity contribution in [3.8, 4) is 18.1 Å². The van der Waals surface area contributed by atoms with E-state index in [4.69, 9.17) is 6.42 Å². The average molecular weight is 215 g/mol. The van der Waals surface area contributed by atoms with Crippen LogP contribution in [0.5, 0.6) is 5.75 Å². The molecule has 0 amide bonds. The molecule has 0 aromatic heterocycles. The summed E-state index contributed by atoms with van der Waals surface area (Å²) in [6.07, 6.45) is 9.09. The molecule has 0 saturated carbocycles. The zero-order valence-corrected chi connectivity index (χ0v) is 9.37. The Morgan fingerprint density at radius 2 is 2.38 bits per heavy atom. The monoisotopic (exact) mass is 215 g/mol. The molecule has 0 radical (unpaired) electrons. The third-order valence-corrected chi connectivity index (χ3v) is 3.13. The highest BCUT2D eigenvalue weighted by Crippen LogP contribution is 2.36. The van der Waals surface area contributed by atoms with Crippen LogP contribution in [0.4, 0.5) is 0 Å². The normalized spacial score (nSPS) is 18.1. The second-order valence-electron chi connectivity index (χ2n) is 4.20. The Hall–Kier alpha value is -1.46. The number of fused-ring (bicyclic) bond motifs is 1. The maximum absolute atomic E-state index is 9.70. The molecule has 1 atom stereocenters. The maximum atomic E-state index is 9.70. The number of rotatable bonds is 4. The fourth-order valence-electron chi connectivity index (χ4n) is 2.31. The van der Waals surface area contributed by atoms with E-state index in [2.05, 4.69) is 17.3 Å². The molecule has 1 unspecified atom stereocenters. The number of phenolic OH excluding ortho intramolecular Hbond substituents is 1. The Morgan fingerprint density at radius 3 is 3.19 bits per heavy atom. The van der Waals surface area contributed by atoms with Crippen LogP contribution in [0.15, 0.2) is 18.2 Å². The van der Waals surface area contributed by atoms with Gasteiger partial charge in [0.05, 0.1) is 0 Å². The lowest BCUT2D eigenvalue weighted by Crippen LogP contribution is -2.20. The Balaban J connectivity index is 1.96. The summed E-state index contributed by atoms with van der Waals surface area (Å²) in [7, 11) is 0. The SMILES string of the molecule is C#CCCCNC1CCc2c(O)cccc21. The molecule has 0 heterocycles. The van der Waals surface area contributed by atoms with Gasteiger partial charge in [-0.25, -0.2) is 0 Å². The van der Waals surface area contributed by atoms with E-state index in [0.717, 1.165) is 37.8 Å². The van der Waals surface area contributed by atoms with Gasteiger partial charge in [-0.2, -0.15) is 0 Å². The molecule has 1 aromatic rings. The molecule has 2 heteroatoms. The molecule has 0 saturated heterocycles. The molecule has 0 fully saturated rings. The molecule has 1 aliphatic carbocycles. The Bertz CT molecular complexity index is 406. The van der Waals surface area contributed by atoms with E-state index in [-0.39, 0.29) is 0 Å². The van der Waals surface area contributed by atoms with Crippen molar-refractivity contribution in [3.63, 3.8) is 0 Å². The van der Waals surface area contributed by atoms with Gasteiger partial charge in [0.2, 0.25) is 0 Å². The molecule has 84 valence electrons. The molecule has 16 heavy (non-hydrogen) atoms. The van der Waals surface area contributed by atoms with Crippen molar-refractivity contribution in [2.24, 2.45) is 0 Å². The summed E-state index contributed by atoms with van der Waals surface area (Å²) in [5, 5.41) is 13.2. The van der Waals surface area contributed by atoms with Gasteiger partial charge in [0.1, 0.15) is 5.75 Å². The van der Waals surface area contributed by atoms with Crippen molar-refractivity contribution in [2.75, 3.05) is 6.54 Å². The van der Waals surface area contributed by atoms with Gasteiger partial charge >= 0.3 is 0 Å². The number of unbranched alkanes of at least 4 members (excludes halogenated alkanes) is 1. The van der Waals surface area contributed by atoms with E-state index in [1.54, 1.807) is 6.07 Å². The predicted octanol–water partition coefficient (Wildman–Crippen LogP) is 2.38. The first kappa shape index (κ1) is 11.0. The second kappa shape index (κ2) is 5.05. The van der Waals surface area contributed by atoms with E-state index in [1.807, 2.05) is 6.07 Å². The third-order valence-electron chi connectivity index (χ3n) is 3.13. The van der Waals surface area contributed by atoms with Crippen LogP contribution >= 0.6 is 0 Å². The van der Waals surface area contributed by atoms with Crippen molar-refractivity contribution in [3.05, 3.63) is 29.3 Å². The number of benzene rings is 1. The Morgan fingerprint density at radius 1 is 1.50 bits per heavy atom. The van der Waals surface area contributed by atoms with Gasteiger partial charge in [0.25, 0.3) is 0 Å². The highest BCUT2D eigenvalue weighted by Gasteiger charge is 2.23. The van der Waals surface area contributed by atoms with Crippen LogP contribution in [0, 0.1) is 12.3 Å². The molecule has 2 N–H and O–H groups in total. The summed E-state index contributed by atoms with van der Waals surface area (Å²) in [6, 6.07) is 6.16. The molecule has 1 aliphatic rings. The van der Waals surface area contributed by atoms with Crippen LogP contribution in [0.2, 0.25) is 0 Å². The maximum Gasteiger partial charge on any atom is 0.119 e. The summed E-state index contributed by atoms with van der Waals surface area (Å²) in [5.41, 5.74) is 2.36. The molecular formula is C14H17NO. The van der Waals surface area contributed by atoms with Crippen molar-refractivity contribution in [1.29, 1.82) is 0 Å². The van der Waals surface area contributed by atoms with Crippen molar-refractivity contribution >= 4 is 0 Å². The molecule has 0 bridgehead atoms. The number of hydrogen-bond donors (Lipinski definition) is 2. The summed E-state index contributed by atoms with van der Waals surface area (Å²) in [5.74, 6) is 3.08. The van der Waals surface area contributed by atoms with E-state index in [9.17, 15) is 5.11 Å². The summed E-state index contributed by atoms with van der Waals surface area (Å²) in [4.78, 5) is 0. The van der Waals surface area contributed by atoms with Gasteiger partial charge < -0.3 is 10.4 Å². The van der Waals surface area contributed by atoms with Gasteiger partial charge in [0, 0.05) is 12.5 Å². The number of nitrogens with one attached hydrogen (secondary N) is 1. The first-order valence-electron chi connectivity index (χ1n) is 5.80. The standard InChI is InChI=1S/C14H17NO/c1-2-3-4-10-15-13-9-8-12-11(13)6-5-7-14(12)16/h1,5-7,13,15-16H,3-4,8-10H2. The molecule has 1 aromatic carbocycles. The first-order valence-corrected chi connectivity index (χ1v) is 5.80. The van der Waals surface area contributed by atoms with Crippen molar-refractivity contribution < 1.29 is 5.11 Å². The zero-order valence-electron chi connectivity index (χ0n) is 9.37. The van der Waals surface area contributed by atoms with E-state index in [1.165, 1.54) is 5.56 Å². The first-order chi connectivity index (χ1) is 7.83. The number of terminal acetylenes is 1. The van der Waals surface area contributed by atoms with E-state index >= 15 is 0 Å². The molecule has 2 nitrogen and oxygen atoms in total. The van der Waals surface area contributed by atoms with E-state index in [0.29, 0.717) is 11.8 Å². The fourth-order valence-corrected chi connectivity index (χ4v) is 2.31. The van der Waals surface area contributed by atoms with Gasteiger partial charge in [-0.3, -0.25) is 0 Å². The highest BCUT2D eigenvalue weighted by atomic mass is 16.3. The molecular weight excluding hydrogens is 198 g/mol. The lowest BCUT2D eigenvalue weighted by molar-refractivity contribution is 0.469. The van der Waals surface area contributed by atoms with Crippen LogP contribution in [0.1, 0.15) is 36.4 Å². The fraction of sp³-hybridized carbons (Fsp3) is 0.429. The quantitative estimate of drug-likeness (QED) is 0.597.